The zero-order chi connectivity index (χ0) is 38.2. The van der Waals surface area contributed by atoms with Crippen molar-refractivity contribution in [2.75, 3.05) is 13.2 Å². The average Bonchev–Trinajstić information content (AvgIpc) is 3.11. The Morgan fingerprint density at radius 2 is 0.923 bits per heavy atom. The zero-order valence-electron chi connectivity index (χ0n) is 32.9. The molecule has 52 heavy (non-hydrogen) atoms. The highest BCUT2D eigenvalue weighted by molar-refractivity contribution is 7.46. The summed E-state index contributed by atoms with van der Waals surface area (Å²) in [5, 5.41) is 0. The van der Waals surface area contributed by atoms with Crippen LogP contribution in [0.3, 0.4) is 0 Å². The molecule has 9 heteroatoms. The van der Waals surface area contributed by atoms with Crippen molar-refractivity contribution in [1.82, 2.24) is 0 Å². The molecule has 1 unspecified atom stereocenters. The Morgan fingerprint density at radius 1 is 0.519 bits per heavy atom. The van der Waals surface area contributed by atoms with E-state index in [4.69, 9.17) is 19.3 Å². The molecule has 0 spiro atoms. The quantitative estimate of drug-likeness (QED) is 0.0279. The lowest BCUT2D eigenvalue weighted by Gasteiger charge is -2.18. The number of allylic oxidation sites excluding steroid dienone is 10. The zero-order valence-corrected chi connectivity index (χ0v) is 33.8. The molecule has 0 aromatic carbocycles. The Labute approximate surface area is 317 Å². The highest BCUT2D eigenvalue weighted by atomic mass is 31.2. The Balaban J connectivity index is 3.99. The van der Waals surface area contributed by atoms with Crippen molar-refractivity contribution in [3.63, 3.8) is 0 Å². The number of rotatable bonds is 37. The lowest BCUT2D eigenvalue weighted by molar-refractivity contribution is -0.161. The summed E-state index contributed by atoms with van der Waals surface area (Å²) in [5.74, 6) is -0.920. The largest absolute Gasteiger partial charge is 0.469 e. The third-order valence-corrected chi connectivity index (χ3v) is 9.01. The first kappa shape index (κ1) is 49.8. The molecule has 2 N–H and O–H groups in total. The maximum absolute atomic E-state index is 12.4. The van der Waals surface area contributed by atoms with Gasteiger partial charge in [0.1, 0.15) is 6.61 Å². The van der Waals surface area contributed by atoms with Crippen LogP contribution in [0.5, 0.6) is 0 Å². The lowest BCUT2D eigenvalue weighted by Crippen LogP contribution is -2.29. The first-order valence-electron chi connectivity index (χ1n) is 20.6. The fourth-order valence-corrected chi connectivity index (χ4v) is 5.84. The van der Waals surface area contributed by atoms with E-state index >= 15 is 0 Å². The molecule has 0 aliphatic heterocycles. The van der Waals surface area contributed by atoms with Crippen molar-refractivity contribution in [2.24, 2.45) is 0 Å². The van der Waals surface area contributed by atoms with Crippen molar-refractivity contribution in [3.8, 4) is 0 Å². The molecule has 0 aromatic heterocycles. The van der Waals surface area contributed by atoms with Crippen LogP contribution in [-0.2, 0) is 28.2 Å². The second-order valence-corrected chi connectivity index (χ2v) is 14.8. The maximum Gasteiger partial charge on any atom is 0.469 e. The minimum absolute atomic E-state index is 0.181. The Bertz CT molecular complexity index is 1030. The molecule has 0 aliphatic carbocycles. The molecule has 0 radical (unpaired) electrons. The van der Waals surface area contributed by atoms with Gasteiger partial charge >= 0.3 is 19.8 Å². The van der Waals surface area contributed by atoms with E-state index in [1.807, 2.05) is 0 Å². The average molecular weight is 751 g/mol. The topological polar surface area (TPSA) is 119 Å². The highest BCUT2D eigenvalue weighted by Crippen LogP contribution is 2.36. The number of ether oxygens (including phenoxy) is 2. The fourth-order valence-electron chi connectivity index (χ4n) is 5.48. The summed E-state index contributed by atoms with van der Waals surface area (Å²) >= 11 is 0. The van der Waals surface area contributed by atoms with Crippen LogP contribution in [0.25, 0.3) is 0 Å². The molecule has 0 aromatic rings. The van der Waals surface area contributed by atoms with Gasteiger partial charge in [0.25, 0.3) is 0 Å². The minimum atomic E-state index is -4.76. The van der Waals surface area contributed by atoms with Gasteiger partial charge in [0.05, 0.1) is 6.61 Å². The third-order valence-electron chi connectivity index (χ3n) is 8.52. The summed E-state index contributed by atoms with van der Waals surface area (Å²) < 4.78 is 26.4. The van der Waals surface area contributed by atoms with E-state index in [9.17, 15) is 14.2 Å². The van der Waals surface area contributed by atoms with Gasteiger partial charge in [-0.1, -0.05) is 152 Å². The molecule has 8 nitrogen and oxygen atoms in total. The molecule has 300 valence electrons. The standard InChI is InChI=1S/C43H75O8P/c1-3-5-7-9-11-13-15-17-19-21-23-25-27-29-31-33-35-37-42(44)49-39-41(40-50-52(46,47)48)51-43(45)38-36-34-32-30-28-26-24-22-20-18-16-14-12-10-8-6-4-2/h6,8,12,14,17-20,24,26,41H,3-5,7,9-11,13,15-16,21-23,25,27-40H2,1-2H3,(H2,46,47,48)/b8-6-,14-12-,19-17-,20-18-,26-24-. The maximum atomic E-state index is 12.4. The van der Waals surface area contributed by atoms with E-state index in [-0.39, 0.29) is 19.4 Å². The SMILES string of the molecule is CC/C=C\C/C=C\C/C=C\C/C=C\CCCCCCC(=O)OC(COC(=O)CCCCCCCCC/C=C\CCCCCCCC)COP(=O)(O)O. The molecule has 0 amide bonds. The van der Waals surface area contributed by atoms with Crippen LogP contribution in [0.1, 0.15) is 181 Å². The highest BCUT2D eigenvalue weighted by Gasteiger charge is 2.22. The number of phosphoric ester groups is 1. The van der Waals surface area contributed by atoms with Gasteiger partial charge < -0.3 is 19.3 Å². The Morgan fingerprint density at radius 3 is 1.40 bits per heavy atom. The number of phosphoric acid groups is 1. The van der Waals surface area contributed by atoms with E-state index in [0.29, 0.717) is 12.8 Å². The summed E-state index contributed by atoms with van der Waals surface area (Å²) in [7, 11) is -4.76. The molecular weight excluding hydrogens is 675 g/mol. The van der Waals surface area contributed by atoms with Gasteiger partial charge in [-0.15, -0.1) is 0 Å². The number of carbonyl (C=O) groups excluding carboxylic acids is 2. The summed E-state index contributed by atoms with van der Waals surface area (Å²) in [6.07, 6.45) is 47.9. The summed E-state index contributed by atoms with van der Waals surface area (Å²) in [6, 6.07) is 0. The monoisotopic (exact) mass is 751 g/mol. The van der Waals surface area contributed by atoms with E-state index in [2.05, 4.69) is 79.1 Å². The fraction of sp³-hybridized carbons (Fsp3) is 0.721. The van der Waals surface area contributed by atoms with Gasteiger partial charge in [-0.2, -0.15) is 0 Å². The Kier molecular flexibility index (Phi) is 36.8. The van der Waals surface area contributed by atoms with Crippen LogP contribution in [0.4, 0.5) is 0 Å². The number of hydrogen-bond donors (Lipinski definition) is 2. The van der Waals surface area contributed by atoms with Crippen LogP contribution in [0, 0.1) is 0 Å². The van der Waals surface area contributed by atoms with Gasteiger partial charge in [0.15, 0.2) is 6.10 Å². The molecule has 0 heterocycles. The number of carbonyl (C=O) groups is 2. The smallest absolute Gasteiger partial charge is 0.462 e. The van der Waals surface area contributed by atoms with Gasteiger partial charge in [0, 0.05) is 12.8 Å². The molecule has 0 rings (SSSR count). The normalized spacial score (nSPS) is 13.1. The van der Waals surface area contributed by atoms with Crippen molar-refractivity contribution in [3.05, 3.63) is 60.8 Å². The van der Waals surface area contributed by atoms with E-state index in [0.717, 1.165) is 77.0 Å². The second-order valence-electron chi connectivity index (χ2n) is 13.6. The van der Waals surface area contributed by atoms with Crippen LogP contribution in [-0.4, -0.2) is 41.0 Å². The summed E-state index contributed by atoms with van der Waals surface area (Å²) in [4.78, 5) is 42.8. The molecule has 0 aliphatic rings. The van der Waals surface area contributed by atoms with Crippen molar-refractivity contribution >= 4 is 19.8 Å². The van der Waals surface area contributed by atoms with Gasteiger partial charge in [-0.3, -0.25) is 14.1 Å². The number of esters is 2. The third kappa shape index (κ3) is 40.5. The Hall–Kier alpha value is -2.25. The van der Waals surface area contributed by atoms with Gasteiger partial charge in [-0.05, 0) is 77.0 Å². The predicted molar refractivity (Wildman–Crippen MR) is 216 cm³/mol. The molecule has 0 fully saturated rings. The minimum Gasteiger partial charge on any atom is -0.462 e. The van der Waals surface area contributed by atoms with Crippen molar-refractivity contribution in [1.29, 1.82) is 0 Å². The molecule has 0 saturated heterocycles. The van der Waals surface area contributed by atoms with Crippen molar-refractivity contribution < 1.29 is 37.9 Å². The van der Waals surface area contributed by atoms with E-state index < -0.39 is 32.5 Å². The molecule has 0 saturated carbocycles. The van der Waals surface area contributed by atoms with Crippen molar-refractivity contribution in [2.45, 2.75) is 187 Å². The van der Waals surface area contributed by atoms with E-state index in [1.54, 1.807) is 0 Å². The number of unbranched alkanes of at least 4 members (excludes halogenated alkanes) is 17. The van der Waals surface area contributed by atoms with Crippen LogP contribution < -0.4 is 0 Å². The summed E-state index contributed by atoms with van der Waals surface area (Å²) in [5.41, 5.74) is 0. The lowest BCUT2D eigenvalue weighted by atomic mass is 10.1. The van der Waals surface area contributed by atoms with Crippen LogP contribution >= 0.6 is 7.82 Å². The molecular formula is C43H75O8P. The summed E-state index contributed by atoms with van der Waals surface area (Å²) in [6.45, 7) is 3.54. The first-order valence-corrected chi connectivity index (χ1v) is 22.1. The van der Waals surface area contributed by atoms with Gasteiger partial charge in [0.2, 0.25) is 0 Å². The molecule has 1 atom stereocenters. The van der Waals surface area contributed by atoms with Crippen LogP contribution in [0.15, 0.2) is 60.8 Å². The molecule has 0 bridgehead atoms. The van der Waals surface area contributed by atoms with Gasteiger partial charge in [-0.25, -0.2) is 4.57 Å². The van der Waals surface area contributed by atoms with Crippen LogP contribution in [0.2, 0.25) is 0 Å². The van der Waals surface area contributed by atoms with E-state index in [1.165, 1.54) is 64.2 Å². The first-order chi connectivity index (χ1) is 25.3. The predicted octanol–water partition coefficient (Wildman–Crippen LogP) is 12.5. The second kappa shape index (κ2) is 38.5. The number of hydrogen-bond acceptors (Lipinski definition) is 6.